The summed E-state index contributed by atoms with van der Waals surface area (Å²) < 4.78 is 14.3. The van der Waals surface area contributed by atoms with Crippen molar-refractivity contribution in [2.24, 2.45) is 5.92 Å². The summed E-state index contributed by atoms with van der Waals surface area (Å²) in [4.78, 5) is 2.19. The lowest BCUT2D eigenvalue weighted by molar-refractivity contribution is 0.549. The van der Waals surface area contributed by atoms with E-state index < -0.39 is 0 Å². The number of hydrogen-bond donors (Lipinski definition) is 1. The van der Waals surface area contributed by atoms with Gasteiger partial charge < -0.3 is 10.2 Å². The minimum Gasteiger partial charge on any atom is -0.365 e. The van der Waals surface area contributed by atoms with E-state index in [9.17, 15) is 4.39 Å². The molecule has 0 aromatic heterocycles. The van der Waals surface area contributed by atoms with Gasteiger partial charge in [-0.15, -0.1) is 0 Å². The van der Waals surface area contributed by atoms with E-state index in [2.05, 4.69) is 31.0 Å². The predicted octanol–water partition coefficient (Wildman–Crippen LogP) is 3.51. The van der Waals surface area contributed by atoms with Gasteiger partial charge >= 0.3 is 0 Å². The van der Waals surface area contributed by atoms with Crippen LogP contribution in [0, 0.1) is 11.7 Å². The number of nitrogens with zero attached hydrogens (tertiary/aromatic N) is 1. The van der Waals surface area contributed by atoms with Crippen LogP contribution in [0.5, 0.6) is 0 Å². The number of nitrogens with one attached hydrogen (secondary N) is 1. The second kappa shape index (κ2) is 7.32. The molecule has 1 fully saturated rings. The Morgan fingerprint density at radius 1 is 1.45 bits per heavy atom. The van der Waals surface area contributed by atoms with Gasteiger partial charge in [-0.2, -0.15) is 11.8 Å². The Kier molecular flexibility index (Phi) is 5.73. The summed E-state index contributed by atoms with van der Waals surface area (Å²) in [7, 11) is 0. The van der Waals surface area contributed by atoms with Crippen molar-refractivity contribution in [1.29, 1.82) is 0 Å². The number of halogens is 1. The maximum atomic E-state index is 14.3. The summed E-state index contributed by atoms with van der Waals surface area (Å²) in [5.74, 6) is 2.69. The van der Waals surface area contributed by atoms with Gasteiger partial charge in [-0.05, 0) is 37.1 Å². The topological polar surface area (TPSA) is 15.3 Å². The highest BCUT2D eigenvalue weighted by atomic mass is 32.2. The molecule has 0 radical (unpaired) electrons. The molecule has 2 nitrogen and oxygen atoms in total. The minimum absolute atomic E-state index is 0.0902. The predicted molar refractivity (Wildman–Crippen MR) is 87.1 cm³/mol. The van der Waals surface area contributed by atoms with Crippen LogP contribution in [0.2, 0.25) is 0 Å². The van der Waals surface area contributed by atoms with E-state index in [0.29, 0.717) is 12.0 Å². The fraction of sp³-hybridized carbons (Fsp3) is 0.625. The number of hydrogen-bond acceptors (Lipinski definition) is 3. The first-order chi connectivity index (χ1) is 9.58. The molecule has 1 aromatic rings. The first-order valence-corrected chi connectivity index (χ1v) is 8.57. The molecule has 1 saturated heterocycles. The molecule has 4 heteroatoms. The van der Waals surface area contributed by atoms with Gasteiger partial charge in [0.05, 0.1) is 5.69 Å². The summed E-state index contributed by atoms with van der Waals surface area (Å²) in [6.45, 7) is 9.15. The third-order valence-corrected chi connectivity index (χ3v) is 4.76. The van der Waals surface area contributed by atoms with Crippen molar-refractivity contribution in [2.75, 3.05) is 29.5 Å². The number of thioether (sulfide) groups is 1. The highest BCUT2D eigenvalue weighted by molar-refractivity contribution is 7.99. The number of rotatable bonds is 5. The van der Waals surface area contributed by atoms with Crippen LogP contribution in [0.1, 0.15) is 26.3 Å². The number of benzene rings is 1. The fourth-order valence-electron chi connectivity index (χ4n) is 2.48. The Labute approximate surface area is 126 Å². The lowest BCUT2D eigenvalue weighted by atomic mass is 10.1. The van der Waals surface area contributed by atoms with Crippen LogP contribution < -0.4 is 10.2 Å². The van der Waals surface area contributed by atoms with E-state index in [0.717, 1.165) is 42.4 Å². The van der Waals surface area contributed by atoms with E-state index in [1.807, 2.05) is 23.9 Å². The molecule has 0 spiro atoms. The Morgan fingerprint density at radius 3 is 2.90 bits per heavy atom. The van der Waals surface area contributed by atoms with Crippen molar-refractivity contribution in [3.8, 4) is 0 Å². The summed E-state index contributed by atoms with van der Waals surface area (Å²) in [6.07, 6.45) is 0. The van der Waals surface area contributed by atoms with Crippen LogP contribution in [-0.4, -0.2) is 30.6 Å². The van der Waals surface area contributed by atoms with Crippen LogP contribution in [-0.2, 0) is 6.54 Å². The highest BCUT2D eigenvalue weighted by Gasteiger charge is 2.21. The van der Waals surface area contributed by atoms with Crippen LogP contribution in [0.3, 0.4) is 0 Å². The van der Waals surface area contributed by atoms with E-state index in [4.69, 9.17) is 0 Å². The molecule has 0 bridgehead atoms. The van der Waals surface area contributed by atoms with Gasteiger partial charge in [-0.1, -0.05) is 19.9 Å². The molecule has 0 saturated carbocycles. The van der Waals surface area contributed by atoms with Crippen molar-refractivity contribution in [2.45, 2.75) is 33.4 Å². The van der Waals surface area contributed by atoms with Crippen molar-refractivity contribution in [3.63, 3.8) is 0 Å². The van der Waals surface area contributed by atoms with Crippen LogP contribution in [0.15, 0.2) is 18.2 Å². The fourth-order valence-corrected chi connectivity index (χ4v) is 3.50. The average molecular weight is 296 g/mol. The van der Waals surface area contributed by atoms with Crippen molar-refractivity contribution >= 4 is 17.4 Å². The van der Waals surface area contributed by atoms with Crippen LogP contribution >= 0.6 is 11.8 Å². The largest absolute Gasteiger partial charge is 0.365 e. The summed E-state index contributed by atoms with van der Waals surface area (Å²) in [6, 6.07) is 6.07. The van der Waals surface area contributed by atoms with Crippen LogP contribution in [0.25, 0.3) is 0 Å². The lowest BCUT2D eigenvalue weighted by Crippen LogP contribution is -2.40. The van der Waals surface area contributed by atoms with Crippen molar-refractivity contribution in [3.05, 3.63) is 29.6 Å². The Balaban J connectivity index is 2.01. The zero-order valence-electron chi connectivity index (χ0n) is 12.7. The first kappa shape index (κ1) is 15.6. The maximum absolute atomic E-state index is 14.3. The molecule has 1 aromatic carbocycles. The summed E-state index contributed by atoms with van der Waals surface area (Å²) >= 11 is 1.95. The highest BCUT2D eigenvalue weighted by Crippen LogP contribution is 2.27. The third kappa shape index (κ3) is 4.13. The van der Waals surface area contributed by atoms with E-state index in [-0.39, 0.29) is 5.82 Å². The van der Waals surface area contributed by atoms with Gasteiger partial charge in [0.15, 0.2) is 0 Å². The standard InChI is InChI=1S/C16H25FN2S/c1-12(2)9-18-10-14-4-5-16(15(17)8-14)19-6-7-20-11-13(19)3/h4-5,8,12-13,18H,6-7,9-11H2,1-3H3. The molecule has 1 aliphatic rings. The molecular formula is C16H25FN2S. The Bertz CT molecular complexity index is 436. The monoisotopic (exact) mass is 296 g/mol. The maximum Gasteiger partial charge on any atom is 0.146 e. The molecule has 112 valence electrons. The van der Waals surface area contributed by atoms with Gasteiger partial charge in [-0.3, -0.25) is 0 Å². The van der Waals surface area contributed by atoms with Gasteiger partial charge in [0.2, 0.25) is 0 Å². The van der Waals surface area contributed by atoms with Gasteiger partial charge in [-0.25, -0.2) is 4.39 Å². The molecule has 1 atom stereocenters. The van der Waals surface area contributed by atoms with E-state index in [1.54, 1.807) is 6.07 Å². The molecular weight excluding hydrogens is 271 g/mol. The molecule has 1 heterocycles. The number of anilines is 1. The van der Waals surface area contributed by atoms with Gasteiger partial charge in [0, 0.05) is 30.6 Å². The van der Waals surface area contributed by atoms with Crippen molar-refractivity contribution in [1.82, 2.24) is 5.32 Å². The van der Waals surface area contributed by atoms with Crippen LogP contribution in [0.4, 0.5) is 10.1 Å². The smallest absolute Gasteiger partial charge is 0.146 e. The lowest BCUT2D eigenvalue weighted by Gasteiger charge is -2.35. The quantitative estimate of drug-likeness (QED) is 0.895. The first-order valence-electron chi connectivity index (χ1n) is 7.41. The molecule has 1 aliphatic heterocycles. The Morgan fingerprint density at radius 2 is 2.25 bits per heavy atom. The van der Waals surface area contributed by atoms with Crippen molar-refractivity contribution < 1.29 is 4.39 Å². The van der Waals surface area contributed by atoms with Gasteiger partial charge in [0.25, 0.3) is 0 Å². The molecule has 2 rings (SSSR count). The Hall–Kier alpha value is -0.740. The second-order valence-electron chi connectivity index (χ2n) is 5.93. The summed E-state index contributed by atoms with van der Waals surface area (Å²) in [5.41, 5.74) is 1.77. The molecule has 0 amide bonds. The molecule has 1 N–H and O–H groups in total. The SMILES string of the molecule is CC(C)CNCc1ccc(N2CCSCC2C)c(F)c1. The normalized spacial score (nSPS) is 19.6. The summed E-state index contributed by atoms with van der Waals surface area (Å²) in [5, 5.41) is 3.35. The minimum atomic E-state index is -0.0902. The zero-order valence-corrected chi connectivity index (χ0v) is 13.5. The molecule has 0 aliphatic carbocycles. The van der Waals surface area contributed by atoms with Gasteiger partial charge in [0.1, 0.15) is 5.82 Å². The average Bonchev–Trinajstić information content (AvgIpc) is 2.40. The molecule has 20 heavy (non-hydrogen) atoms. The van der Waals surface area contributed by atoms with E-state index >= 15 is 0 Å². The second-order valence-corrected chi connectivity index (χ2v) is 7.08. The molecule has 1 unspecified atom stereocenters. The van der Waals surface area contributed by atoms with E-state index in [1.165, 1.54) is 0 Å². The zero-order chi connectivity index (χ0) is 14.5. The third-order valence-electron chi connectivity index (χ3n) is 3.57.